The van der Waals surface area contributed by atoms with E-state index in [1.165, 1.54) is 17.2 Å². The van der Waals surface area contributed by atoms with E-state index in [0.717, 1.165) is 18.7 Å². The molecular formula is C27H32N4O6. The zero-order valence-electron chi connectivity index (χ0n) is 20.9. The number of nitrogens with zero attached hydrogens (tertiary/aromatic N) is 2. The maximum Gasteiger partial charge on any atom is 0.287 e. The van der Waals surface area contributed by atoms with Gasteiger partial charge in [-0.15, -0.1) is 0 Å². The Morgan fingerprint density at radius 2 is 1.70 bits per heavy atom. The van der Waals surface area contributed by atoms with Crippen molar-refractivity contribution in [1.82, 2.24) is 20.4 Å². The van der Waals surface area contributed by atoms with Crippen LogP contribution in [-0.2, 0) is 20.9 Å². The van der Waals surface area contributed by atoms with Crippen LogP contribution in [0.5, 0.6) is 0 Å². The van der Waals surface area contributed by atoms with Gasteiger partial charge in [-0.1, -0.05) is 29.8 Å². The molecule has 1 aromatic carbocycles. The first-order valence-corrected chi connectivity index (χ1v) is 12.3. The van der Waals surface area contributed by atoms with Crippen LogP contribution in [0.1, 0.15) is 33.5 Å². The predicted octanol–water partition coefficient (Wildman–Crippen LogP) is 2.13. The molecule has 1 saturated heterocycles. The number of rotatable bonds is 11. The number of carbonyl (C=O) groups is 3. The molecular weight excluding hydrogens is 476 g/mol. The van der Waals surface area contributed by atoms with Crippen LogP contribution >= 0.6 is 0 Å². The molecule has 2 N–H and O–H groups in total. The number of furan rings is 2. The van der Waals surface area contributed by atoms with Crippen molar-refractivity contribution in [1.29, 1.82) is 0 Å². The van der Waals surface area contributed by atoms with Crippen molar-refractivity contribution in [3.8, 4) is 0 Å². The lowest BCUT2D eigenvalue weighted by Crippen LogP contribution is -2.50. The van der Waals surface area contributed by atoms with Gasteiger partial charge in [0.05, 0.1) is 38.8 Å². The fourth-order valence-corrected chi connectivity index (χ4v) is 4.13. The van der Waals surface area contributed by atoms with Crippen LogP contribution in [0.4, 0.5) is 0 Å². The van der Waals surface area contributed by atoms with Crippen molar-refractivity contribution in [3.63, 3.8) is 0 Å². The molecule has 0 bridgehead atoms. The van der Waals surface area contributed by atoms with Crippen molar-refractivity contribution >= 4 is 17.7 Å². The van der Waals surface area contributed by atoms with Crippen molar-refractivity contribution in [2.45, 2.75) is 19.5 Å². The van der Waals surface area contributed by atoms with Gasteiger partial charge in [-0.25, -0.2) is 0 Å². The average molecular weight is 509 g/mol. The highest BCUT2D eigenvalue weighted by Crippen LogP contribution is 2.23. The number of aryl methyl sites for hydroxylation is 1. The Labute approximate surface area is 215 Å². The summed E-state index contributed by atoms with van der Waals surface area (Å²) in [4.78, 5) is 43.2. The molecule has 10 heteroatoms. The number of benzene rings is 1. The summed E-state index contributed by atoms with van der Waals surface area (Å²) in [6, 6.07) is 13.3. The molecule has 1 atom stereocenters. The van der Waals surface area contributed by atoms with Gasteiger partial charge in [-0.2, -0.15) is 0 Å². The van der Waals surface area contributed by atoms with Crippen molar-refractivity contribution < 1.29 is 28.0 Å². The summed E-state index contributed by atoms with van der Waals surface area (Å²) in [7, 11) is 0. The van der Waals surface area contributed by atoms with E-state index < -0.39 is 11.9 Å². The molecule has 1 aliphatic heterocycles. The summed E-state index contributed by atoms with van der Waals surface area (Å²) in [5.74, 6) is -0.507. The molecule has 0 radical (unpaired) electrons. The summed E-state index contributed by atoms with van der Waals surface area (Å²) in [5, 5.41) is 5.50. The fourth-order valence-electron chi connectivity index (χ4n) is 4.13. The molecule has 0 saturated carbocycles. The van der Waals surface area contributed by atoms with Crippen LogP contribution < -0.4 is 10.6 Å². The van der Waals surface area contributed by atoms with Gasteiger partial charge in [0, 0.05) is 26.2 Å². The normalized spacial score (nSPS) is 14.6. The van der Waals surface area contributed by atoms with Crippen LogP contribution in [0, 0.1) is 6.92 Å². The SMILES string of the molecule is Cc1ccc([C@H](C(=O)NCc2ccco2)N(CCN2CCOCC2)C(=O)CNC(=O)c2ccco2)cc1. The van der Waals surface area contributed by atoms with Gasteiger partial charge in [-0.05, 0) is 36.8 Å². The van der Waals surface area contributed by atoms with Crippen LogP contribution in [-0.4, -0.2) is 73.5 Å². The second-order valence-electron chi connectivity index (χ2n) is 8.81. The predicted molar refractivity (Wildman–Crippen MR) is 134 cm³/mol. The molecule has 37 heavy (non-hydrogen) atoms. The van der Waals surface area contributed by atoms with Gasteiger partial charge in [0.15, 0.2) is 5.76 Å². The third-order valence-electron chi connectivity index (χ3n) is 6.20. The first kappa shape index (κ1) is 26.2. The minimum atomic E-state index is -0.899. The summed E-state index contributed by atoms with van der Waals surface area (Å²) in [6.07, 6.45) is 2.93. The number of carbonyl (C=O) groups excluding carboxylic acids is 3. The quantitative estimate of drug-likeness (QED) is 0.408. The topological polar surface area (TPSA) is 117 Å². The van der Waals surface area contributed by atoms with Crippen molar-refractivity contribution in [2.75, 3.05) is 45.9 Å². The smallest absolute Gasteiger partial charge is 0.287 e. The van der Waals surface area contributed by atoms with Crippen LogP contribution in [0.25, 0.3) is 0 Å². The van der Waals surface area contributed by atoms with E-state index in [1.54, 1.807) is 24.5 Å². The molecule has 196 valence electrons. The monoisotopic (exact) mass is 508 g/mol. The number of hydrogen-bond acceptors (Lipinski definition) is 7. The van der Waals surface area contributed by atoms with E-state index in [1.807, 2.05) is 31.2 Å². The average Bonchev–Trinajstić information content (AvgIpc) is 3.64. The van der Waals surface area contributed by atoms with Crippen molar-refractivity contribution in [3.05, 3.63) is 83.7 Å². The van der Waals surface area contributed by atoms with Crippen LogP contribution in [0.15, 0.2) is 69.9 Å². The van der Waals surface area contributed by atoms with Gasteiger partial charge in [-0.3, -0.25) is 19.3 Å². The summed E-state index contributed by atoms with van der Waals surface area (Å²) in [5.41, 5.74) is 1.71. The van der Waals surface area contributed by atoms with Crippen LogP contribution in [0.3, 0.4) is 0 Å². The molecule has 3 heterocycles. The summed E-state index contributed by atoms with van der Waals surface area (Å²) < 4.78 is 15.9. The van der Waals surface area contributed by atoms with E-state index in [4.69, 9.17) is 13.6 Å². The highest BCUT2D eigenvalue weighted by Gasteiger charge is 2.32. The zero-order valence-corrected chi connectivity index (χ0v) is 20.9. The van der Waals surface area contributed by atoms with E-state index in [-0.39, 0.29) is 30.7 Å². The third kappa shape index (κ3) is 7.31. The Morgan fingerprint density at radius 3 is 2.38 bits per heavy atom. The minimum absolute atomic E-state index is 0.110. The van der Waals surface area contributed by atoms with Gasteiger partial charge >= 0.3 is 0 Å². The van der Waals surface area contributed by atoms with E-state index in [0.29, 0.717) is 37.6 Å². The largest absolute Gasteiger partial charge is 0.467 e. The second-order valence-corrected chi connectivity index (χ2v) is 8.81. The number of amides is 3. The molecule has 1 aliphatic rings. The van der Waals surface area contributed by atoms with E-state index in [9.17, 15) is 14.4 Å². The molecule has 1 fully saturated rings. The Bertz CT molecular complexity index is 1140. The molecule has 3 aromatic rings. The maximum atomic E-state index is 13.6. The van der Waals surface area contributed by atoms with Gasteiger partial charge in [0.25, 0.3) is 5.91 Å². The Balaban J connectivity index is 1.55. The number of hydrogen-bond donors (Lipinski definition) is 2. The lowest BCUT2D eigenvalue weighted by molar-refractivity contribution is -0.140. The molecule has 3 amide bonds. The fraction of sp³-hybridized carbons (Fsp3) is 0.370. The first-order valence-electron chi connectivity index (χ1n) is 12.3. The van der Waals surface area contributed by atoms with Gasteiger partial charge in [0.1, 0.15) is 11.8 Å². The lowest BCUT2D eigenvalue weighted by atomic mass is 10.0. The Kier molecular flexibility index (Phi) is 9.12. The second kappa shape index (κ2) is 12.9. The Morgan fingerprint density at radius 1 is 0.973 bits per heavy atom. The highest BCUT2D eigenvalue weighted by molar-refractivity contribution is 5.95. The van der Waals surface area contributed by atoms with E-state index in [2.05, 4.69) is 15.5 Å². The third-order valence-corrected chi connectivity index (χ3v) is 6.20. The summed E-state index contributed by atoms with van der Waals surface area (Å²) in [6.45, 7) is 5.47. The minimum Gasteiger partial charge on any atom is -0.467 e. The highest BCUT2D eigenvalue weighted by atomic mass is 16.5. The lowest BCUT2D eigenvalue weighted by Gasteiger charge is -2.34. The van der Waals surface area contributed by atoms with Crippen LogP contribution in [0.2, 0.25) is 0 Å². The van der Waals surface area contributed by atoms with Crippen molar-refractivity contribution in [2.24, 2.45) is 0 Å². The zero-order chi connectivity index (χ0) is 26.0. The van der Waals surface area contributed by atoms with Gasteiger partial charge in [0.2, 0.25) is 11.8 Å². The van der Waals surface area contributed by atoms with E-state index >= 15 is 0 Å². The standard InChI is InChI=1S/C27H32N4O6/c1-20-6-8-21(9-7-20)25(27(34)28-18-22-4-2-14-36-22)31(11-10-30-12-16-35-17-13-30)24(32)19-29-26(33)23-5-3-15-37-23/h2-9,14-15,25H,10-13,16-19H2,1H3,(H,28,34)(H,29,33)/t25-/m1/s1. The van der Waals surface area contributed by atoms with Gasteiger partial charge < -0.3 is 29.1 Å². The first-order chi connectivity index (χ1) is 18.0. The Hall–Kier alpha value is -3.89. The number of nitrogens with one attached hydrogen (secondary N) is 2. The number of ether oxygens (including phenoxy) is 1. The molecule has 2 aromatic heterocycles. The number of morpholine rings is 1. The molecule has 0 spiro atoms. The summed E-state index contributed by atoms with van der Waals surface area (Å²) >= 11 is 0. The maximum absolute atomic E-state index is 13.6. The molecule has 10 nitrogen and oxygen atoms in total. The molecule has 0 aliphatic carbocycles. The molecule has 4 rings (SSSR count). The molecule has 0 unspecified atom stereocenters.